The van der Waals surface area contributed by atoms with Gasteiger partial charge in [-0.15, -0.1) is 0 Å². The van der Waals surface area contributed by atoms with Crippen molar-refractivity contribution in [1.29, 1.82) is 0 Å². The third-order valence-corrected chi connectivity index (χ3v) is 3.35. The zero-order valence-corrected chi connectivity index (χ0v) is 7.82. The van der Waals surface area contributed by atoms with Crippen LogP contribution >= 0.6 is 0 Å². The molecule has 0 radical (unpaired) electrons. The monoisotopic (exact) mass is 182 g/mol. The molecule has 70 valence electrons. The molecule has 0 saturated carbocycles. The van der Waals surface area contributed by atoms with E-state index in [9.17, 15) is 0 Å². The van der Waals surface area contributed by atoms with Gasteiger partial charge in [-0.1, -0.05) is 6.92 Å². The third kappa shape index (κ3) is 5.30. The van der Waals surface area contributed by atoms with E-state index in [0.29, 0.717) is 19.4 Å². The van der Waals surface area contributed by atoms with Gasteiger partial charge >= 0.3 is 8.80 Å². The molecule has 11 heavy (non-hydrogen) atoms. The van der Waals surface area contributed by atoms with Gasteiger partial charge in [0.1, 0.15) is 0 Å². The lowest BCUT2D eigenvalue weighted by atomic mass is 10.2. The second kappa shape index (κ2) is 5.64. The lowest BCUT2D eigenvalue weighted by Gasteiger charge is -2.19. The van der Waals surface area contributed by atoms with Gasteiger partial charge in [0.25, 0.3) is 0 Å². The van der Waals surface area contributed by atoms with Gasteiger partial charge in [0.05, 0.1) is 0 Å². The van der Waals surface area contributed by atoms with Crippen LogP contribution in [0.3, 0.4) is 0 Å². The van der Waals surface area contributed by atoms with Crippen LogP contribution in [0.1, 0.15) is 19.8 Å². The molecular formula is C5H18N2O3Si. The Labute approximate surface area is 67.8 Å². The van der Waals surface area contributed by atoms with Crippen LogP contribution in [0.15, 0.2) is 0 Å². The largest absolute Gasteiger partial charge is 0.496 e. The van der Waals surface area contributed by atoms with E-state index < -0.39 is 14.3 Å². The van der Waals surface area contributed by atoms with Crippen LogP contribution in [0, 0.1) is 0 Å². The second-order valence-corrected chi connectivity index (χ2v) is 4.56. The maximum atomic E-state index is 8.80. The first-order chi connectivity index (χ1) is 4.52. The standard InChI is InChI=1S/C5H15NO3Si.H3N/c1-2-5(3-4-6)10(7,8)9;/h5,7-9H,2-4,6H2,1H3;1H3. The van der Waals surface area contributed by atoms with E-state index in [1.165, 1.54) is 0 Å². The molecule has 0 amide bonds. The Hall–Kier alpha value is 0.0169. The summed E-state index contributed by atoms with van der Waals surface area (Å²) in [6.45, 7) is 2.18. The number of hydrogen-bond acceptors (Lipinski definition) is 5. The molecular weight excluding hydrogens is 164 g/mol. The summed E-state index contributed by atoms with van der Waals surface area (Å²) < 4.78 is 0. The summed E-state index contributed by atoms with van der Waals surface area (Å²) >= 11 is 0. The van der Waals surface area contributed by atoms with Gasteiger partial charge in [0, 0.05) is 5.54 Å². The summed E-state index contributed by atoms with van der Waals surface area (Å²) in [5.41, 5.74) is 4.79. The third-order valence-electron chi connectivity index (χ3n) is 1.56. The number of nitrogens with two attached hydrogens (primary N) is 1. The van der Waals surface area contributed by atoms with E-state index >= 15 is 0 Å². The highest BCUT2D eigenvalue weighted by molar-refractivity contribution is 6.57. The van der Waals surface area contributed by atoms with Crippen molar-refractivity contribution in [3.05, 3.63) is 0 Å². The molecule has 0 saturated heterocycles. The fourth-order valence-corrected chi connectivity index (χ4v) is 1.97. The molecule has 0 spiro atoms. The molecule has 0 rings (SSSR count). The Morgan fingerprint density at radius 2 is 1.82 bits per heavy atom. The first kappa shape index (κ1) is 13.6. The first-order valence-corrected chi connectivity index (χ1v) is 5.31. The molecule has 0 bridgehead atoms. The van der Waals surface area contributed by atoms with Crippen LogP contribution in [0.4, 0.5) is 0 Å². The highest BCUT2D eigenvalue weighted by Gasteiger charge is 2.36. The quantitative estimate of drug-likeness (QED) is 0.364. The van der Waals surface area contributed by atoms with E-state index in [4.69, 9.17) is 20.1 Å². The summed E-state index contributed by atoms with van der Waals surface area (Å²) in [7, 11) is -3.89. The van der Waals surface area contributed by atoms with Gasteiger partial charge in [-0.3, -0.25) is 0 Å². The summed E-state index contributed by atoms with van der Waals surface area (Å²) in [6, 6.07) is 0. The van der Waals surface area contributed by atoms with Crippen molar-refractivity contribution < 1.29 is 14.4 Å². The van der Waals surface area contributed by atoms with Crippen molar-refractivity contribution in [2.24, 2.45) is 5.73 Å². The second-order valence-electron chi connectivity index (χ2n) is 2.37. The fraction of sp³-hybridized carbons (Fsp3) is 1.00. The average molecular weight is 182 g/mol. The van der Waals surface area contributed by atoms with Crippen LogP contribution in [0.25, 0.3) is 0 Å². The molecule has 0 aliphatic carbocycles. The summed E-state index contributed by atoms with van der Waals surface area (Å²) in [5, 5.41) is 0. The molecule has 0 aliphatic rings. The van der Waals surface area contributed by atoms with Crippen molar-refractivity contribution in [3.63, 3.8) is 0 Å². The van der Waals surface area contributed by atoms with Gasteiger partial charge in [0.15, 0.2) is 0 Å². The normalized spacial score (nSPS) is 13.9. The number of hydrogen-bond donors (Lipinski definition) is 5. The Morgan fingerprint density at radius 3 is 1.91 bits per heavy atom. The van der Waals surface area contributed by atoms with Crippen molar-refractivity contribution in [3.8, 4) is 0 Å². The maximum Gasteiger partial charge on any atom is 0.496 e. The van der Waals surface area contributed by atoms with E-state index in [0.717, 1.165) is 0 Å². The smallest absolute Gasteiger partial charge is 0.390 e. The van der Waals surface area contributed by atoms with Gasteiger partial charge in [-0.2, -0.15) is 0 Å². The fourth-order valence-electron chi connectivity index (χ4n) is 0.873. The predicted molar refractivity (Wildman–Crippen MR) is 45.1 cm³/mol. The lowest BCUT2D eigenvalue weighted by Crippen LogP contribution is -2.41. The van der Waals surface area contributed by atoms with Gasteiger partial charge < -0.3 is 26.3 Å². The minimum Gasteiger partial charge on any atom is -0.390 e. The van der Waals surface area contributed by atoms with Gasteiger partial charge in [-0.25, -0.2) is 0 Å². The van der Waals surface area contributed by atoms with E-state index in [-0.39, 0.29) is 6.15 Å². The summed E-state index contributed by atoms with van der Waals surface area (Å²) in [6.07, 6.45) is 1.04. The Morgan fingerprint density at radius 1 is 1.36 bits per heavy atom. The molecule has 0 aliphatic heterocycles. The average Bonchev–Trinajstić information content (AvgIpc) is 1.80. The molecule has 0 aromatic heterocycles. The Bertz CT molecular complexity index is 96.2. The van der Waals surface area contributed by atoms with Crippen LogP contribution in [-0.2, 0) is 0 Å². The van der Waals surface area contributed by atoms with Gasteiger partial charge in [-0.05, 0) is 19.4 Å². The molecule has 8 N–H and O–H groups in total. The maximum absolute atomic E-state index is 8.80. The van der Waals surface area contributed by atoms with Crippen LogP contribution in [0.5, 0.6) is 0 Å². The van der Waals surface area contributed by atoms with Crippen LogP contribution in [-0.4, -0.2) is 29.7 Å². The summed E-state index contributed by atoms with van der Waals surface area (Å²) in [5.74, 6) is 0. The highest BCUT2D eigenvalue weighted by atomic mass is 28.4. The molecule has 0 fully saturated rings. The molecule has 0 heterocycles. The number of rotatable bonds is 4. The Kier molecular flexibility index (Phi) is 6.97. The summed E-state index contributed by atoms with van der Waals surface area (Å²) in [4.78, 5) is 26.4. The van der Waals surface area contributed by atoms with Crippen molar-refractivity contribution in [1.82, 2.24) is 6.15 Å². The topological polar surface area (TPSA) is 122 Å². The molecule has 6 heteroatoms. The van der Waals surface area contributed by atoms with Crippen molar-refractivity contribution in [2.75, 3.05) is 6.54 Å². The SMILES string of the molecule is CCC(CCN)[Si](O)(O)O.N. The first-order valence-electron chi connectivity index (χ1n) is 3.39. The van der Waals surface area contributed by atoms with E-state index in [1.54, 1.807) is 6.92 Å². The lowest BCUT2D eigenvalue weighted by molar-refractivity contribution is 0.206. The zero-order chi connectivity index (χ0) is 8.20. The molecule has 0 aromatic rings. The minimum atomic E-state index is -3.89. The zero-order valence-electron chi connectivity index (χ0n) is 6.82. The predicted octanol–water partition coefficient (Wildman–Crippen LogP) is -0.807. The molecule has 1 unspecified atom stereocenters. The van der Waals surface area contributed by atoms with Crippen LogP contribution < -0.4 is 11.9 Å². The Balaban J connectivity index is 0. The molecule has 1 atom stereocenters. The van der Waals surface area contributed by atoms with Crippen molar-refractivity contribution >= 4 is 8.80 Å². The minimum absolute atomic E-state index is 0. The van der Waals surface area contributed by atoms with E-state index in [2.05, 4.69) is 0 Å². The molecule has 0 aromatic carbocycles. The van der Waals surface area contributed by atoms with Crippen molar-refractivity contribution in [2.45, 2.75) is 25.3 Å². The highest BCUT2D eigenvalue weighted by Crippen LogP contribution is 2.21. The molecule has 5 nitrogen and oxygen atoms in total. The van der Waals surface area contributed by atoms with E-state index in [1.807, 2.05) is 0 Å². The van der Waals surface area contributed by atoms with Gasteiger partial charge in [0.2, 0.25) is 0 Å². The van der Waals surface area contributed by atoms with Crippen LogP contribution in [0.2, 0.25) is 5.54 Å².